The normalized spacial score (nSPS) is 19.0. The highest BCUT2D eigenvalue weighted by molar-refractivity contribution is 6.05. The van der Waals surface area contributed by atoms with Crippen LogP contribution in [0.3, 0.4) is 0 Å². The Hall–Kier alpha value is -5.67. The van der Waals surface area contributed by atoms with Gasteiger partial charge in [0, 0.05) is 43.2 Å². The first-order chi connectivity index (χ1) is 27.1. The van der Waals surface area contributed by atoms with Crippen molar-refractivity contribution in [3.8, 4) is 28.1 Å². The van der Waals surface area contributed by atoms with Gasteiger partial charge in [0.15, 0.2) is 11.6 Å². The standard InChI is InChI=1S/C42H49F4N7O5/c1-24-19-32(53(22-24)39(56)58-41(6,7)8)36-48-21-31(50-36)27-11-9-26(10-12-27)29-14-15-30(34(43)35(29)57-42(44,45)46)37(54)49-28-13-16-33(47-20-28)52-18-17-51(23-25(52)2)38(55)40(3,4)5/h9-16,20-21,24-25,32H,17-19,22-23H2,1-8H3,(H,48,50)(H,49,54)/t24-,25?,32-/m0/s1. The van der Waals surface area contributed by atoms with E-state index < -0.39 is 46.5 Å². The van der Waals surface area contributed by atoms with Crippen LogP contribution in [-0.2, 0) is 9.53 Å². The van der Waals surface area contributed by atoms with Gasteiger partial charge in [0.2, 0.25) is 5.91 Å². The number of hydrogen-bond acceptors (Lipinski definition) is 8. The van der Waals surface area contributed by atoms with Gasteiger partial charge < -0.3 is 29.6 Å². The number of nitrogens with one attached hydrogen (secondary N) is 2. The van der Waals surface area contributed by atoms with Gasteiger partial charge in [-0.1, -0.05) is 52.0 Å². The van der Waals surface area contributed by atoms with E-state index in [9.17, 15) is 27.6 Å². The van der Waals surface area contributed by atoms with Crippen molar-refractivity contribution in [3.63, 3.8) is 0 Å². The van der Waals surface area contributed by atoms with Crippen molar-refractivity contribution in [3.05, 3.63) is 78.1 Å². The summed E-state index contributed by atoms with van der Waals surface area (Å²) < 4.78 is 66.7. The predicted molar refractivity (Wildman–Crippen MR) is 211 cm³/mol. The zero-order chi connectivity index (χ0) is 42.3. The number of H-pyrrole nitrogens is 1. The Morgan fingerprint density at radius 2 is 1.55 bits per heavy atom. The average molecular weight is 808 g/mol. The number of aromatic nitrogens is 3. The first-order valence-electron chi connectivity index (χ1n) is 19.1. The first kappa shape index (κ1) is 41.9. The Kier molecular flexibility index (Phi) is 11.5. The number of halogens is 4. The molecule has 2 N–H and O–H groups in total. The molecule has 2 aromatic carbocycles. The molecule has 2 aliphatic rings. The Labute approximate surface area is 334 Å². The van der Waals surface area contributed by atoms with E-state index in [1.807, 2.05) is 44.4 Å². The molecule has 6 rings (SSSR count). The summed E-state index contributed by atoms with van der Waals surface area (Å²) in [6, 6.07) is 11.4. The van der Waals surface area contributed by atoms with E-state index in [4.69, 9.17) is 4.74 Å². The summed E-state index contributed by atoms with van der Waals surface area (Å²) in [5.74, 6) is -2.18. The summed E-state index contributed by atoms with van der Waals surface area (Å²) in [6.45, 7) is 17.2. The highest BCUT2D eigenvalue weighted by atomic mass is 19.4. The van der Waals surface area contributed by atoms with Crippen molar-refractivity contribution in [2.75, 3.05) is 36.4 Å². The lowest BCUT2D eigenvalue weighted by Crippen LogP contribution is -2.56. The van der Waals surface area contributed by atoms with E-state index in [1.165, 1.54) is 24.4 Å². The third-order valence-corrected chi connectivity index (χ3v) is 9.97. The lowest BCUT2D eigenvalue weighted by Gasteiger charge is -2.42. The van der Waals surface area contributed by atoms with Crippen LogP contribution in [0.5, 0.6) is 5.75 Å². The maximum Gasteiger partial charge on any atom is 0.573 e. The van der Waals surface area contributed by atoms with E-state index >= 15 is 4.39 Å². The first-order valence-corrected chi connectivity index (χ1v) is 19.1. The fourth-order valence-electron chi connectivity index (χ4n) is 7.27. The van der Waals surface area contributed by atoms with Crippen molar-refractivity contribution in [2.24, 2.45) is 11.3 Å². The Morgan fingerprint density at radius 3 is 2.16 bits per heavy atom. The van der Waals surface area contributed by atoms with Crippen LogP contribution in [0, 0.1) is 17.2 Å². The molecule has 4 aromatic rings. The summed E-state index contributed by atoms with van der Waals surface area (Å²) in [5.41, 5.74) is -0.411. The van der Waals surface area contributed by atoms with Crippen molar-refractivity contribution < 1.29 is 41.4 Å². The minimum absolute atomic E-state index is 0.0356. The molecule has 0 saturated carbocycles. The molecule has 4 heterocycles. The maximum absolute atomic E-state index is 15.9. The van der Waals surface area contributed by atoms with Gasteiger partial charge in [-0.15, -0.1) is 13.2 Å². The van der Waals surface area contributed by atoms with E-state index in [0.29, 0.717) is 55.5 Å². The number of imidazole rings is 1. The molecule has 0 spiro atoms. The molecule has 2 aliphatic heterocycles. The molecule has 16 heteroatoms. The van der Waals surface area contributed by atoms with Crippen LogP contribution in [0.15, 0.2) is 60.9 Å². The van der Waals surface area contributed by atoms with Gasteiger partial charge in [-0.05, 0) is 75.4 Å². The lowest BCUT2D eigenvalue weighted by molar-refractivity contribution is -0.275. The molecule has 0 bridgehead atoms. The molecular weight excluding hydrogens is 758 g/mol. The molecule has 2 fully saturated rings. The number of benzene rings is 2. The molecule has 12 nitrogen and oxygen atoms in total. The molecule has 2 saturated heterocycles. The van der Waals surface area contributed by atoms with Crippen LogP contribution in [0.2, 0.25) is 0 Å². The highest BCUT2D eigenvalue weighted by Crippen LogP contribution is 2.40. The number of hydrogen-bond donors (Lipinski definition) is 2. The van der Waals surface area contributed by atoms with Crippen LogP contribution in [-0.4, -0.2) is 86.8 Å². The van der Waals surface area contributed by atoms with Gasteiger partial charge in [-0.3, -0.25) is 14.5 Å². The minimum Gasteiger partial charge on any atom is -0.444 e. The number of aromatic amines is 1. The van der Waals surface area contributed by atoms with E-state index in [2.05, 4.69) is 25.0 Å². The number of likely N-dealkylation sites (tertiary alicyclic amines) is 1. The zero-order valence-electron chi connectivity index (χ0n) is 33.8. The summed E-state index contributed by atoms with van der Waals surface area (Å²) >= 11 is 0. The van der Waals surface area contributed by atoms with Gasteiger partial charge in [0.1, 0.15) is 17.2 Å². The quantitative estimate of drug-likeness (QED) is 0.177. The average Bonchev–Trinajstić information content (AvgIpc) is 3.78. The molecule has 310 valence electrons. The maximum atomic E-state index is 15.9. The number of anilines is 2. The second kappa shape index (κ2) is 15.9. The van der Waals surface area contributed by atoms with Crippen LogP contribution in [0.1, 0.15) is 84.0 Å². The molecule has 0 radical (unpaired) electrons. The number of amides is 3. The third-order valence-electron chi connectivity index (χ3n) is 9.97. The number of carbonyl (C=O) groups is 3. The summed E-state index contributed by atoms with van der Waals surface area (Å²) in [6.07, 6.45) is -2.04. The fourth-order valence-corrected chi connectivity index (χ4v) is 7.27. The Balaban J connectivity index is 1.17. The number of rotatable bonds is 7. The number of nitrogens with zero attached hydrogens (tertiary/aromatic N) is 5. The number of carbonyl (C=O) groups excluding carboxylic acids is 3. The molecule has 2 aromatic heterocycles. The zero-order valence-corrected chi connectivity index (χ0v) is 33.8. The largest absolute Gasteiger partial charge is 0.573 e. The van der Waals surface area contributed by atoms with Crippen LogP contribution >= 0.6 is 0 Å². The number of piperazine rings is 1. The van der Waals surface area contributed by atoms with E-state index in [-0.39, 0.29) is 40.7 Å². The monoisotopic (exact) mass is 807 g/mol. The number of ether oxygens (including phenoxy) is 2. The second-order valence-corrected chi connectivity index (χ2v) is 17.0. The van der Waals surface area contributed by atoms with Gasteiger partial charge in [-0.25, -0.2) is 19.2 Å². The van der Waals surface area contributed by atoms with Crippen LogP contribution in [0.4, 0.5) is 33.9 Å². The van der Waals surface area contributed by atoms with Crippen molar-refractivity contribution in [1.29, 1.82) is 0 Å². The molecule has 3 atom stereocenters. The number of pyridine rings is 1. The Bertz CT molecular complexity index is 2140. The summed E-state index contributed by atoms with van der Waals surface area (Å²) in [7, 11) is 0. The minimum atomic E-state index is -5.26. The van der Waals surface area contributed by atoms with Gasteiger partial charge in [0.05, 0.1) is 35.4 Å². The second-order valence-electron chi connectivity index (χ2n) is 17.0. The molecule has 58 heavy (non-hydrogen) atoms. The SMILES string of the molecule is CC1CN(C(=O)C(C)(C)C)CCN1c1ccc(NC(=O)c2ccc(-c3ccc(-c4cnc([C@@H]5C[C@H](C)CN5C(=O)OC(C)(C)C)[nH]4)cc3)c(OC(F)(F)F)c2F)cn1. The van der Waals surface area contributed by atoms with Gasteiger partial charge >= 0.3 is 12.5 Å². The van der Waals surface area contributed by atoms with Crippen LogP contribution in [0.25, 0.3) is 22.4 Å². The van der Waals surface area contributed by atoms with Gasteiger partial charge in [-0.2, -0.15) is 0 Å². The number of alkyl halides is 3. The van der Waals surface area contributed by atoms with E-state index in [0.717, 1.165) is 6.07 Å². The lowest BCUT2D eigenvalue weighted by atomic mass is 9.94. The summed E-state index contributed by atoms with van der Waals surface area (Å²) in [5, 5.41) is 2.51. The molecule has 3 amide bonds. The molecule has 1 unspecified atom stereocenters. The smallest absolute Gasteiger partial charge is 0.444 e. The summed E-state index contributed by atoms with van der Waals surface area (Å²) in [4.78, 5) is 56.7. The van der Waals surface area contributed by atoms with Crippen molar-refractivity contribution in [1.82, 2.24) is 24.8 Å². The molecular formula is C42H49F4N7O5. The van der Waals surface area contributed by atoms with Gasteiger partial charge in [0.25, 0.3) is 5.91 Å². The van der Waals surface area contributed by atoms with Crippen molar-refractivity contribution in [2.45, 2.75) is 85.9 Å². The van der Waals surface area contributed by atoms with E-state index in [1.54, 1.807) is 56.1 Å². The highest BCUT2D eigenvalue weighted by Gasteiger charge is 2.39. The Morgan fingerprint density at radius 1 is 0.862 bits per heavy atom. The predicted octanol–water partition coefficient (Wildman–Crippen LogP) is 8.83. The van der Waals surface area contributed by atoms with Crippen LogP contribution < -0.4 is 15.0 Å². The molecule has 0 aliphatic carbocycles. The van der Waals surface area contributed by atoms with Crippen molar-refractivity contribution >= 4 is 29.4 Å². The third kappa shape index (κ3) is 9.54. The fraction of sp³-hybridized carbons (Fsp3) is 0.452. The topological polar surface area (TPSA) is 133 Å².